The Kier molecular flexibility index (Phi) is 3.87. The average molecular weight is 322 g/mol. The number of methoxy groups -OCH3 is 1. The van der Waals surface area contributed by atoms with Gasteiger partial charge in [-0.05, 0) is 24.3 Å². The Hall–Kier alpha value is -3.41. The summed E-state index contributed by atoms with van der Waals surface area (Å²) in [5.41, 5.74) is 6.79. The van der Waals surface area contributed by atoms with Crippen LogP contribution >= 0.6 is 0 Å². The lowest BCUT2D eigenvalue weighted by molar-refractivity contribution is -0.121. The Morgan fingerprint density at radius 2 is 1.83 bits per heavy atom. The van der Waals surface area contributed by atoms with Crippen molar-refractivity contribution in [3.05, 3.63) is 65.2 Å². The first-order valence-electron chi connectivity index (χ1n) is 7.17. The van der Waals surface area contributed by atoms with E-state index < -0.39 is 17.7 Å². The van der Waals surface area contributed by atoms with Gasteiger partial charge in [0, 0.05) is 17.3 Å². The van der Waals surface area contributed by atoms with Gasteiger partial charge in [-0.3, -0.25) is 14.4 Å². The summed E-state index contributed by atoms with van der Waals surface area (Å²) in [5.74, 6) is -1.53. The largest absolute Gasteiger partial charge is 0.496 e. The number of carbonyl (C=O) groups is 3. The molecule has 0 spiro atoms. The molecule has 0 unspecified atom stereocenters. The highest BCUT2D eigenvalue weighted by molar-refractivity contribution is 6.32. The molecule has 1 aliphatic rings. The minimum atomic E-state index is -0.730. The van der Waals surface area contributed by atoms with Gasteiger partial charge in [0.15, 0.2) is 0 Å². The molecule has 6 heteroatoms. The van der Waals surface area contributed by atoms with Crippen LogP contribution in [0.4, 0.5) is 5.69 Å². The molecule has 3 rings (SSSR count). The number of fused-ring (bicyclic) bond motifs is 1. The predicted octanol–water partition coefficient (Wildman–Crippen LogP) is 2.11. The molecule has 2 N–H and O–H groups in total. The van der Waals surface area contributed by atoms with Gasteiger partial charge >= 0.3 is 0 Å². The number of hydrogen-bond acceptors (Lipinski definition) is 5. The topological polar surface area (TPSA) is 89.7 Å². The van der Waals surface area contributed by atoms with Gasteiger partial charge in [0.1, 0.15) is 5.75 Å². The maximum atomic E-state index is 12.3. The van der Waals surface area contributed by atoms with E-state index in [0.29, 0.717) is 16.2 Å². The van der Waals surface area contributed by atoms with Crippen molar-refractivity contribution in [2.75, 3.05) is 12.8 Å². The smallest absolute Gasteiger partial charge is 0.270 e. The summed E-state index contributed by atoms with van der Waals surface area (Å²) in [5, 5.41) is 0. The number of rotatable bonds is 3. The molecule has 0 radical (unpaired) electrons. The standard InChI is InChI=1S/C18H14N2O4/c1-24-14-8-3-2-5-11(14)9-10-15(21)20-17(22)12-6-4-7-13(19)16(12)18(20)23/h2-10H,19H2,1H3/b10-9+. The summed E-state index contributed by atoms with van der Waals surface area (Å²) < 4.78 is 5.19. The lowest BCUT2D eigenvalue weighted by Gasteiger charge is -2.09. The Bertz CT molecular complexity index is 886. The minimum Gasteiger partial charge on any atom is -0.496 e. The van der Waals surface area contributed by atoms with Crippen molar-refractivity contribution in [3.63, 3.8) is 0 Å². The minimum absolute atomic E-state index is 0.0709. The quantitative estimate of drug-likeness (QED) is 0.531. The highest BCUT2D eigenvalue weighted by atomic mass is 16.5. The molecule has 6 nitrogen and oxygen atoms in total. The summed E-state index contributed by atoms with van der Waals surface area (Å²) in [4.78, 5) is 37.6. The second-order valence-corrected chi connectivity index (χ2v) is 5.13. The highest BCUT2D eigenvalue weighted by Crippen LogP contribution is 2.28. The summed E-state index contributed by atoms with van der Waals surface area (Å²) in [6.45, 7) is 0. The van der Waals surface area contributed by atoms with Crippen LogP contribution in [-0.2, 0) is 4.79 Å². The number of anilines is 1. The van der Waals surface area contributed by atoms with Crippen LogP contribution in [-0.4, -0.2) is 29.7 Å². The van der Waals surface area contributed by atoms with E-state index in [4.69, 9.17) is 10.5 Å². The molecule has 0 saturated carbocycles. The average Bonchev–Trinajstić information content (AvgIpc) is 2.85. The van der Waals surface area contributed by atoms with Crippen LogP contribution in [0.1, 0.15) is 26.3 Å². The Balaban J connectivity index is 1.89. The molecule has 2 aromatic carbocycles. The molecule has 0 saturated heterocycles. The van der Waals surface area contributed by atoms with E-state index in [-0.39, 0.29) is 16.8 Å². The summed E-state index contributed by atoms with van der Waals surface area (Å²) in [6.07, 6.45) is 2.66. The lowest BCUT2D eigenvalue weighted by atomic mass is 10.1. The number of amides is 3. The van der Waals surface area contributed by atoms with Gasteiger partial charge in [-0.1, -0.05) is 24.3 Å². The summed E-state index contributed by atoms with van der Waals surface area (Å²) in [6, 6.07) is 11.6. The molecule has 3 amide bonds. The number of benzene rings is 2. The van der Waals surface area contributed by atoms with Gasteiger partial charge in [-0.15, -0.1) is 0 Å². The van der Waals surface area contributed by atoms with Crippen LogP contribution < -0.4 is 10.5 Å². The third-order valence-electron chi connectivity index (χ3n) is 3.71. The molecule has 0 fully saturated rings. The predicted molar refractivity (Wildman–Crippen MR) is 88.4 cm³/mol. The van der Waals surface area contributed by atoms with Crippen molar-refractivity contribution >= 4 is 29.5 Å². The Morgan fingerprint density at radius 1 is 1.08 bits per heavy atom. The van der Waals surface area contributed by atoms with Gasteiger partial charge in [0.25, 0.3) is 17.7 Å². The number of ether oxygens (including phenoxy) is 1. The van der Waals surface area contributed by atoms with Crippen LogP contribution in [0, 0.1) is 0 Å². The highest BCUT2D eigenvalue weighted by Gasteiger charge is 2.40. The fourth-order valence-corrected chi connectivity index (χ4v) is 2.55. The Labute approximate surface area is 138 Å². The van der Waals surface area contributed by atoms with Gasteiger partial charge in [-0.2, -0.15) is 0 Å². The number of nitrogens with zero attached hydrogens (tertiary/aromatic N) is 1. The molecule has 0 atom stereocenters. The first kappa shape index (κ1) is 15.5. The van der Waals surface area contributed by atoms with Crippen LogP contribution in [0.15, 0.2) is 48.5 Å². The van der Waals surface area contributed by atoms with E-state index in [2.05, 4.69) is 0 Å². The molecule has 2 aromatic rings. The third-order valence-corrected chi connectivity index (χ3v) is 3.71. The molecule has 1 aliphatic heterocycles. The van der Waals surface area contributed by atoms with Crippen LogP contribution in [0.2, 0.25) is 0 Å². The van der Waals surface area contributed by atoms with Gasteiger partial charge in [0.2, 0.25) is 0 Å². The van der Waals surface area contributed by atoms with Crippen molar-refractivity contribution in [3.8, 4) is 5.75 Å². The number of carbonyl (C=O) groups excluding carboxylic acids is 3. The fraction of sp³-hybridized carbons (Fsp3) is 0.0556. The zero-order chi connectivity index (χ0) is 17.3. The van der Waals surface area contributed by atoms with Crippen molar-refractivity contribution in [2.24, 2.45) is 0 Å². The zero-order valence-corrected chi connectivity index (χ0v) is 12.9. The first-order chi connectivity index (χ1) is 11.5. The number of para-hydroxylation sites is 1. The zero-order valence-electron chi connectivity index (χ0n) is 12.9. The molecule has 0 aliphatic carbocycles. The van der Waals surface area contributed by atoms with Crippen molar-refractivity contribution in [1.29, 1.82) is 0 Å². The van der Waals surface area contributed by atoms with E-state index >= 15 is 0 Å². The number of nitrogens with two attached hydrogens (primary N) is 1. The molecule has 0 aromatic heterocycles. The second kappa shape index (κ2) is 6.00. The number of imide groups is 3. The first-order valence-corrected chi connectivity index (χ1v) is 7.17. The van der Waals surface area contributed by atoms with Gasteiger partial charge in [-0.25, -0.2) is 4.90 Å². The Morgan fingerprint density at radius 3 is 2.54 bits per heavy atom. The lowest BCUT2D eigenvalue weighted by Crippen LogP contribution is -2.34. The van der Waals surface area contributed by atoms with E-state index in [1.54, 1.807) is 30.3 Å². The molecular weight excluding hydrogens is 308 g/mol. The van der Waals surface area contributed by atoms with Gasteiger partial charge < -0.3 is 10.5 Å². The van der Waals surface area contributed by atoms with E-state index in [1.165, 1.54) is 25.3 Å². The fourth-order valence-electron chi connectivity index (χ4n) is 2.55. The molecule has 120 valence electrons. The third kappa shape index (κ3) is 2.44. The second-order valence-electron chi connectivity index (χ2n) is 5.13. The monoisotopic (exact) mass is 322 g/mol. The number of hydrogen-bond donors (Lipinski definition) is 1. The van der Waals surface area contributed by atoms with Crippen LogP contribution in [0.25, 0.3) is 6.08 Å². The van der Waals surface area contributed by atoms with Crippen LogP contribution in [0.5, 0.6) is 5.75 Å². The van der Waals surface area contributed by atoms with Crippen molar-refractivity contribution in [2.45, 2.75) is 0 Å². The van der Waals surface area contributed by atoms with Crippen molar-refractivity contribution in [1.82, 2.24) is 4.90 Å². The van der Waals surface area contributed by atoms with E-state index in [1.807, 2.05) is 0 Å². The van der Waals surface area contributed by atoms with E-state index in [9.17, 15) is 14.4 Å². The van der Waals surface area contributed by atoms with Crippen molar-refractivity contribution < 1.29 is 19.1 Å². The maximum Gasteiger partial charge on any atom is 0.270 e. The molecular formula is C18H14N2O4. The molecule has 0 bridgehead atoms. The van der Waals surface area contributed by atoms with Gasteiger partial charge in [0.05, 0.1) is 18.2 Å². The summed E-state index contributed by atoms with van der Waals surface area (Å²) >= 11 is 0. The normalized spacial score (nSPS) is 13.5. The van der Waals surface area contributed by atoms with E-state index in [0.717, 1.165) is 6.08 Å². The number of nitrogen functional groups attached to an aromatic ring is 1. The molecule has 1 heterocycles. The molecule has 24 heavy (non-hydrogen) atoms. The maximum absolute atomic E-state index is 12.3. The SMILES string of the molecule is COc1ccccc1/C=C/C(=O)N1C(=O)c2cccc(N)c2C1=O. The summed E-state index contributed by atoms with van der Waals surface area (Å²) in [7, 11) is 1.52. The van der Waals surface area contributed by atoms with Crippen LogP contribution in [0.3, 0.4) is 0 Å².